The predicted molar refractivity (Wildman–Crippen MR) is 97.9 cm³/mol. The van der Waals surface area contributed by atoms with Crippen molar-refractivity contribution >= 4 is 29.3 Å². The SMILES string of the molecule is C#CCC(NC(=O)CC)C(=O)Nc1cc(C)c(SC[N+](=O)[O-])c(C)c1. The van der Waals surface area contributed by atoms with Crippen LogP contribution in [0.2, 0.25) is 0 Å². The summed E-state index contributed by atoms with van der Waals surface area (Å²) < 4.78 is 0. The Hall–Kier alpha value is -2.53. The summed E-state index contributed by atoms with van der Waals surface area (Å²) in [7, 11) is 0. The number of carbonyl (C=O) groups is 2. The van der Waals surface area contributed by atoms with E-state index in [1.165, 1.54) is 0 Å². The highest BCUT2D eigenvalue weighted by molar-refractivity contribution is 7.99. The molecule has 25 heavy (non-hydrogen) atoms. The van der Waals surface area contributed by atoms with Gasteiger partial charge in [-0.3, -0.25) is 19.7 Å². The number of nitro groups is 1. The van der Waals surface area contributed by atoms with E-state index >= 15 is 0 Å². The lowest BCUT2D eigenvalue weighted by Gasteiger charge is -2.17. The summed E-state index contributed by atoms with van der Waals surface area (Å²) in [6.07, 6.45) is 5.61. The van der Waals surface area contributed by atoms with Crippen LogP contribution in [-0.4, -0.2) is 28.7 Å². The lowest BCUT2D eigenvalue weighted by atomic mass is 10.1. The van der Waals surface area contributed by atoms with Crippen molar-refractivity contribution in [2.45, 2.75) is 44.6 Å². The summed E-state index contributed by atoms with van der Waals surface area (Å²) >= 11 is 1.14. The molecule has 0 saturated heterocycles. The minimum absolute atomic E-state index is 0.0896. The molecule has 8 heteroatoms. The number of amides is 2. The summed E-state index contributed by atoms with van der Waals surface area (Å²) in [5.41, 5.74) is 2.21. The Balaban J connectivity index is 2.90. The van der Waals surface area contributed by atoms with E-state index in [0.717, 1.165) is 27.8 Å². The molecule has 0 heterocycles. The van der Waals surface area contributed by atoms with Crippen molar-refractivity contribution in [1.29, 1.82) is 0 Å². The fourth-order valence-corrected chi connectivity index (χ4v) is 3.03. The fraction of sp³-hybridized carbons (Fsp3) is 0.412. The minimum Gasteiger partial charge on any atom is -0.343 e. The van der Waals surface area contributed by atoms with Crippen LogP contribution in [0, 0.1) is 36.3 Å². The van der Waals surface area contributed by atoms with Crippen molar-refractivity contribution in [2.75, 3.05) is 11.2 Å². The molecule has 0 radical (unpaired) electrons. The Bertz CT molecular complexity index is 689. The Morgan fingerprint density at radius 3 is 2.44 bits per heavy atom. The summed E-state index contributed by atoms with van der Waals surface area (Å²) in [5.74, 6) is 1.50. The lowest BCUT2D eigenvalue weighted by molar-refractivity contribution is -0.456. The zero-order valence-electron chi connectivity index (χ0n) is 14.4. The molecule has 1 rings (SSSR count). The molecule has 0 spiro atoms. The number of terminal acetylenes is 1. The third kappa shape index (κ3) is 6.47. The molecule has 1 aromatic carbocycles. The van der Waals surface area contributed by atoms with Gasteiger partial charge in [0.2, 0.25) is 11.8 Å². The Kier molecular flexibility index (Phi) is 7.95. The largest absolute Gasteiger partial charge is 0.343 e. The molecule has 0 bridgehead atoms. The van der Waals surface area contributed by atoms with Crippen LogP contribution in [0.15, 0.2) is 17.0 Å². The molecule has 1 unspecified atom stereocenters. The van der Waals surface area contributed by atoms with Crippen LogP contribution >= 0.6 is 11.8 Å². The van der Waals surface area contributed by atoms with Gasteiger partial charge in [0.25, 0.3) is 5.88 Å². The highest BCUT2D eigenvalue weighted by Gasteiger charge is 2.20. The van der Waals surface area contributed by atoms with Crippen molar-refractivity contribution in [1.82, 2.24) is 5.32 Å². The van der Waals surface area contributed by atoms with Gasteiger partial charge in [-0.25, -0.2) is 0 Å². The van der Waals surface area contributed by atoms with Crippen molar-refractivity contribution in [3.63, 3.8) is 0 Å². The average molecular weight is 363 g/mol. The quantitative estimate of drug-likeness (QED) is 0.243. The van der Waals surface area contributed by atoms with Gasteiger partial charge in [-0.2, -0.15) is 0 Å². The number of aryl methyl sites for hydroxylation is 2. The molecule has 0 saturated carbocycles. The lowest BCUT2D eigenvalue weighted by Crippen LogP contribution is -2.43. The van der Waals surface area contributed by atoms with Gasteiger partial charge in [0.1, 0.15) is 6.04 Å². The maximum Gasteiger partial charge on any atom is 0.253 e. The second kappa shape index (κ2) is 9.69. The molecule has 2 N–H and O–H groups in total. The molecule has 1 aromatic rings. The van der Waals surface area contributed by atoms with Crippen LogP contribution in [0.1, 0.15) is 30.9 Å². The van der Waals surface area contributed by atoms with E-state index in [-0.39, 0.29) is 29.5 Å². The zero-order valence-corrected chi connectivity index (χ0v) is 15.2. The molecule has 0 aliphatic rings. The van der Waals surface area contributed by atoms with Gasteiger partial charge in [0, 0.05) is 28.3 Å². The summed E-state index contributed by atoms with van der Waals surface area (Å²) in [6, 6.07) is 2.67. The van der Waals surface area contributed by atoms with Crippen LogP contribution in [0.4, 0.5) is 5.69 Å². The summed E-state index contributed by atoms with van der Waals surface area (Å²) in [4.78, 5) is 34.8. The van der Waals surface area contributed by atoms with E-state index in [1.54, 1.807) is 19.1 Å². The molecule has 2 amide bonds. The highest BCUT2D eigenvalue weighted by atomic mass is 32.2. The molecule has 0 aliphatic carbocycles. The summed E-state index contributed by atoms with van der Waals surface area (Å²) in [6.45, 7) is 5.33. The monoisotopic (exact) mass is 363 g/mol. The predicted octanol–water partition coefficient (Wildman–Crippen LogP) is 2.49. The number of rotatable bonds is 8. The molecule has 0 aromatic heterocycles. The zero-order chi connectivity index (χ0) is 19.0. The van der Waals surface area contributed by atoms with Gasteiger partial charge >= 0.3 is 0 Å². The Morgan fingerprint density at radius 1 is 1.36 bits per heavy atom. The van der Waals surface area contributed by atoms with Gasteiger partial charge in [-0.05, 0) is 48.9 Å². The van der Waals surface area contributed by atoms with Crippen molar-refractivity contribution < 1.29 is 14.5 Å². The van der Waals surface area contributed by atoms with Crippen LogP contribution < -0.4 is 10.6 Å². The van der Waals surface area contributed by atoms with Gasteiger partial charge in [0.15, 0.2) is 0 Å². The van der Waals surface area contributed by atoms with E-state index < -0.39 is 11.9 Å². The number of thioether (sulfide) groups is 1. The molecule has 134 valence electrons. The number of benzene rings is 1. The van der Waals surface area contributed by atoms with E-state index in [1.807, 2.05) is 13.8 Å². The van der Waals surface area contributed by atoms with Gasteiger partial charge in [-0.1, -0.05) is 6.92 Å². The number of anilines is 1. The van der Waals surface area contributed by atoms with Gasteiger partial charge in [0.05, 0.1) is 0 Å². The first-order valence-corrected chi connectivity index (χ1v) is 8.66. The van der Waals surface area contributed by atoms with Gasteiger partial charge < -0.3 is 10.6 Å². The number of carbonyl (C=O) groups excluding carboxylic acids is 2. The first-order valence-electron chi connectivity index (χ1n) is 7.68. The fourth-order valence-electron chi connectivity index (χ4n) is 2.22. The second-order valence-electron chi connectivity index (χ2n) is 5.42. The third-order valence-electron chi connectivity index (χ3n) is 3.34. The van der Waals surface area contributed by atoms with Crippen molar-refractivity contribution in [3.05, 3.63) is 33.4 Å². The standard InChI is InChI=1S/C17H21N3O4S/c1-5-7-14(19-15(21)6-2)17(22)18-13-8-11(3)16(12(4)9-13)25-10-20(23)24/h1,8-9,14H,6-7,10H2,2-4H3,(H,18,22)(H,19,21). The molecular weight excluding hydrogens is 342 g/mol. The van der Waals surface area contributed by atoms with E-state index in [9.17, 15) is 19.7 Å². The molecule has 0 fully saturated rings. The number of nitrogens with one attached hydrogen (secondary N) is 2. The average Bonchev–Trinajstić information content (AvgIpc) is 2.53. The Morgan fingerprint density at radius 2 is 1.96 bits per heavy atom. The van der Waals surface area contributed by atoms with Crippen molar-refractivity contribution in [3.8, 4) is 12.3 Å². The number of nitrogens with zero attached hydrogens (tertiary/aromatic N) is 1. The van der Waals surface area contributed by atoms with Crippen LogP contribution in [0.5, 0.6) is 0 Å². The third-order valence-corrected chi connectivity index (χ3v) is 4.61. The maximum atomic E-state index is 12.4. The first-order chi connectivity index (χ1) is 11.8. The second-order valence-corrected chi connectivity index (χ2v) is 6.37. The molecule has 1 atom stereocenters. The van der Waals surface area contributed by atoms with Crippen LogP contribution in [0.25, 0.3) is 0 Å². The van der Waals surface area contributed by atoms with Crippen LogP contribution in [0.3, 0.4) is 0 Å². The molecular formula is C17H21N3O4S. The van der Waals surface area contributed by atoms with E-state index in [0.29, 0.717) is 5.69 Å². The van der Waals surface area contributed by atoms with Crippen molar-refractivity contribution in [2.24, 2.45) is 0 Å². The maximum absolute atomic E-state index is 12.4. The van der Waals surface area contributed by atoms with Gasteiger partial charge in [-0.15, -0.1) is 12.3 Å². The highest BCUT2D eigenvalue weighted by Crippen LogP contribution is 2.29. The van der Waals surface area contributed by atoms with E-state index in [4.69, 9.17) is 6.42 Å². The number of hydrogen-bond donors (Lipinski definition) is 2. The van der Waals surface area contributed by atoms with Crippen LogP contribution in [-0.2, 0) is 9.59 Å². The van der Waals surface area contributed by atoms with E-state index in [2.05, 4.69) is 16.6 Å². The minimum atomic E-state index is -0.804. The topological polar surface area (TPSA) is 101 Å². The smallest absolute Gasteiger partial charge is 0.253 e. The molecule has 0 aliphatic heterocycles. The summed E-state index contributed by atoms with van der Waals surface area (Å²) in [5, 5.41) is 15.9. The number of hydrogen-bond acceptors (Lipinski definition) is 5. The molecule has 7 nitrogen and oxygen atoms in total. The normalized spacial score (nSPS) is 11.3. The Labute approximate surface area is 151 Å². The first kappa shape index (κ1) is 20.5.